The minimum atomic E-state index is -1.25. The van der Waals surface area contributed by atoms with Gasteiger partial charge in [-0.15, -0.1) is 0 Å². The lowest BCUT2D eigenvalue weighted by Crippen LogP contribution is -2.36. The molecule has 0 radical (unpaired) electrons. The van der Waals surface area contributed by atoms with Gasteiger partial charge in [-0.2, -0.15) is 5.26 Å². The predicted octanol–water partition coefficient (Wildman–Crippen LogP) is 3.80. The molecule has 0 heterocycles. The van der Waals surface area contributed by atoms with Crippen LogP contribution in [0, 0.1) is 18.3 Å². The van der Waals surface area contributed by atoms with Crippen LogP contribution in [0.4, 0.5) is 4.79 Å². The number of amides is 1. The van der Waals surface area contributed by atoms with Crippen molar-refractivity contribution in [3.63, 3.8) is 0 Å². The molecule has 4 rings (SSSR count). The first-order valence-electron chi connectivity index (χ1n) is 10.5. The molecule has 2 unspecified atom stereocenters. The van der Waals surface area contributed by atoms with Crippen molar-refractivity contribution in [1.29, 1.82) is 5.26 Å². The molecule has 0 bridgehead atoms. The first-order chi connectivity index (χ1) is 15.5. The van der Waals surface area contributed by atoms with Gasteiger partial charge in [-0.1, -0.05) is 60.7 Å². The molecule has 3 aromatic rings. The SMILES string of the molecule is Cc1c(C#N)cccc1C(O)C(O)CNC(=O)OCC1c2ccccc2-c2ccccc21. The number of aliphatic hydroxyl groups excluding tert-OH is 2. The third-order valence-electron chi connectivity index (χ3n) is 5.98. The molecule has 1 amide bonds. The van der Waals surface area contributed by atoms with E-state index in [1.807, 2.05) is 36.4 Å². The highest BCUT2D eigenvalue weighted by Crippen LogP contribution is 2.44. The van der Waals surface area contributed by atoms with Crippen LogP contribution in [0.2, 0.25) is 0 Å². The van der Waals surface area contributed by atoms with Gasteiger partial charge < -0.3 is 20.3 Å². The Kier molecular flexibility index (Phi) is 6.22. The number of fused-ring (bicyclic) bond motifs is 3. The fraction of sp³-hybridized carbons (Fsp3) is 0.231. The number of benzene rings is 3. The lowest BCUT2D eigenvalue weighted by atomic mass is 9.96. The number of aliphatic hydroxyl groups is 2. The average Bonchev–Trinajstić information content (AvgIpc) is 3.14. The van der Waals surface area contributed by atoms with E-state index in [1.54, 1.807) is 25.1 Å². The largest absolute Gasteiger partial charge is 0.449 e. The van der Waals surface area contributed by atoms with Gasteiger partial charge in [-0.25, -0.2) is 4.79 Å². The number of carbonyl (C=O) groups excluding carboxylic acids is 1. The van der Waals surface area contributed by atoms with Gasteiger partial charge in [0.25, 0.3) is 0 Å². The molecule has 0 spiro atoms. The standard InChI is InChI=1S/C26H24N2O4/c1-16-17(13-27)7-6-12-18(16)25(30)24(29)14-28-26(31)32-15-23-21-10-4-2-8-19(21)20-9-3-5-11-22(20)23/h2-12,23-25,29-30H,14-15H2,1H3,(H,28,31). The Morgan fingerprint density at radius 2 is 1.66 bits per heavy atom. The van der Waals surface area contributed by atoms with Crippen molar-refractivity contribution in [2.75, 3.05) is 13.2 Å². The number of carbonyl (C=O) groups is 1. The first-order valence-corrected chi connectivity index (χ1v) is 10.5. The van der Waals surface area contributed by atoms with Gasteiger partial charge in [0, 0.05) is 12.5 Å². The van der Waals surface area contributed by atoms with E-state index < -0.39 is 18.3 Å². The molecule has 0 saturated carbocycles. The normalized spacial score (nSPS) is 14.1. The van der Waals surface area contributed by atoms with Gasteiger partial charge in [0.15, 0.2) is 0 Å². The quantitative estimate of drug-likeness (QED) is 0.554. The van der Waals surface area contributed by atoms with Crippen molar-refractivity contribution < 1.29 is 19.7 Å². The number of rotatable bonds is 6. The van der Waals surface area contributed by atoms with Crippen LogP contribution in [0.15, 0.2) is 66.7 Å². The third-order valence-corrected chi connectivity index (χ3v) is 5.98. The second-order valence-corrected chi connectivity index (χ2v) is 7.85. The molecule has 1 aliphatic carbocycles. The first kappa shape index (κ1) is 21.6. The highest BCUT2D eigenvalue weighted by atomic mass is 16.5. The zero-order valence-corrected chi connectivity index (χ0v) is 17.7. The second kappa shape index (κ2) is 9.23. The van der Waals surface area contributed by atoms with Crippen LogP contribution in [0.1, 0.15) is 39.8 Å². The summed E-state index contributed by atoms with van der Waals surface area (Å²) in [6.07, 6.45) is -3.15. The number of nitrogens with zero attached hydrogens (tertiary/aromatic N) is 1. The maximum absolute atomic E-state index is 12.3. The molecule has 162 valence electrons. The van der Waals surface area contributed by atoms with Crippen LogP contribution in [0.3, 0.4) is 0 Å². The van der Waals surface area contributed by atoms with Crippen molar-refractivity contribution in [3.05, 3.63) is 94.5 Å². The fourth-order valence-corrected chi connectivity index (χ4v) is 4.25. The second-order valence-electron chi connectivity index (χ2n) is 7.85. The molecule has 6 heteroatoms. The third kappa shape index (κ3) is 4.09. The smallest absolute Gasteiger partial charge is 0.407 e. The summed E-state index contributed by atoms with van der Waals surface area (Å²) in [4.78, 5) is 12.3. The molecule has 0 saturated heterocycles. The molecule has 1 aliphatic rings. The van der Waals surface area contributed by atoms with Crippen molar-refractivity contribution in [3.8, 4) is 17.2 Å². The lowest BCUT2D eigenvalue weighted by Gasteiger charge is -2.21. The van der Waals surface area contributed by atoms with E-state index in [0.717, 1.165) is 22.3 Å². The molecule has 0 aromatic heterocycles. The zero-order valence-electron chi connectivity index (χ0n) is 17.7. The number of alkyl carbamates (subject to hydrolysis) is 1. The molecule has 0 fully saturated rings. The summed E-state index contributed by atoms with van der Waals surface area (Å²) < 4.78 is 5.45. The predicted molar refractivity (Wildman–Crippen MR) is 120 cm³/mol. The van der Waals surface area contributed by atoms with E-state index in [9.17, 15) is 15.0 Å². The van der Waals surface area contributed by atoms with Gasteiger partial charge in [-0.3, -0.25) is 0 Å². The number of nitriles is 1. The molecule has 6 nitrogen and oxygen atoms in total. The topological polar surface area (TPSA) is 103 Å². The van der Waals surface area contributed by atoms with Gasteiger partial charge >= 0.3 is 6.09 Å². The Morgan fingerprint density at radius 1 is 1.03 bits per heavy atom. The van der Waals surface area contributed by atoms with Crippen molar-refractivity contribution in [1.82, 2.24) is 5.32 Å². The van der Waals surface area contributed by atoms with Crippen molar-refractivity contribution in [2.24, 2.45) is 0 Å². The number of ether oxygens (including phenoxy) is 1. The lowest BCUT2D eigenvalue weighted by molar-refractivity contribution is 0.0182. The average molecular weight is 428 g/mol. The summed E-state index contributed by atoms with van der Waals surface area (Å²) in [6.45, 7) is 1.69. The van der Waals surface area contributed by atoms with Crippen LogP contribution >= 0.6 is 0 Å². The van der Waals surface area contributed by atoms with E-state index in [4.69, 9.17) is 10.00 Å². The number of hydrogen-bond donors (Lipinski definition) is 3. The van der Waals surface area contributed by atoms with E-state index in [2.05, 4.69) is 23.5 Å². The summed E-state index contributed by atoms with van der Waals surface area (Å²) in [5.41, 5.74) is 6.00. The molecule has 3 aromatic carbocycles. The fourth-order valence-electron chi connectivity index (χ4n) is 4.25. The van der Waals surface area contributed by atoms with Crippen LogP contribution in [0.5, 0.6) is 0 Å². The van der Waals surface area contributed by atoms with E-state index in [0.29, 0.717) is 16.7 Å². The van der Waals surface area contributed by atoms with E-state index >= 15 is 0 Å². The minimum Gasteiger partial charge on any atom is -0.449 e. The Morgan fingerprint density at radius 3 is 2.28 bits per heavy atom. The highest BCUT2D eigenvalue weighted by molar-refractivity contribution is 5.79. The van der Waals surface area contributed by atoms with Crippen LogP contribution in [0.25, 0.3) is 11.1 Å². The summed E-state index contributed by atoms with van der Waals surface area (Å²) >= 11 is 0. The Bertz CT molecular complexity index is 1140. The molecular formula is C26H24N2O4. The molecular weight excluding hydrogens is 404 g/mol. The van der Waals surface area contributed by atoms with Gasteiger partial charge in [-0.05, 0) is 46.4 Å². The number of nitrogens with one attached hydrogen (secondary N) is 1. The van der Waals surface area contributed by atoms with Crippen LogP contribution < -0.4 is 5.32 Å². The van der Waals surface area contributed by atoms with Gasteiger partial charge in [0.1, 0.15) is 18.8 Å². The van der Waals surface area contributed by atoms with Gasteiger partial charge in [0.05, 0.1) is 11.6 Å². The Hall–Kier alpha value is -3.66. The van der Waals surface area contributed by atoms with E-state index in [1.165, 1.54) is 0 Å². The maximum Gasteiger partial charge on any atom is 0.407 e. The minimum absolute atomic E-state index is 0.0555. The van der Waals surface area contributed by atoms with Crippen molar-refractivity contribution >= 4 is 6.09 Å². The monoisotopic (exact) mass is 428 g/mol. The highest BCUT2D eigenvalue weighted by Gasteiger charge is 2.29. The maximum atomic E-state index is 12.3. The number of hydrogen-bond acceptors (Lipinski definition) is 5. The summed E-state index contributed by atoms with van der Waals surface area (Å²) in [6, 6.07) is 23.1. The molecule has 32 heavy (non-hydrogen) atoms. The summed E-state index contributed by atoms with van der Waals surface area (Å²) in [7, 11) is 0. The zero-order chi connectivity index (χ0) is 22.7. The summed E-state index contributed by atoms with van der Waals surface area (Å²) in [5, 5.41) is 32.5. The summed E-state index contributed by atoms with van der Waals surface area (Å²) in [5.74, 6) is -0.0555. The van der Waals surface area contributed by atoms with Crippen LogP contribution in [-0.4, -0.2) is 35.6 Å². The van der Waals surface area contributed by atoms with Crippen LogP contribution in [-0.2, 0) is 4.74 Å². The van der Waals surface area contributed by atoms with Gasteiger partial charge in [0.2, 0.25) is 0 Å². The van der Waals surface area contributed by atoms with Crippen molar-refractivity contribution in [2.45, 2.75) is 25.0 Å². The Balaban J connectivity index is 1.36. The molecule has 3 N–H and O–H groups in total. The molecule has 0 aliphatic heterocycles. The Labute approximate surface area is 186 Å². The van der Waals surface area contributed by atoms with E-state index in [-0.39, 0.29) is 19.1 Å². The molecule has 2 atom stereocenters.